The van der Waals surface area contributed by atoms with E-state index in [9.17, 15) is 17.6 Å². The van der Waals surface area contributed by atoms with Gasteiger partial charge in [0.25, 0.3) is 5.91 Å². The maximum atomic E-state index is 13.1. The molecule has 0 aromatic heterocycles. The van der Waals surface area contributed by atoms with Crippen LogP contribution < -0.4 is 14.8 Å². The standard InChI is InChI=1S/C21H25FN2O5S/c1-3-19(29-16-8-6-15(22)7-9-16)21(25)23-18-14-17(10-11-20(18)28-2)30(26,27)24-12-4-5-13-24/h6-11,14,19H,3-5,12-13H2,1-2H3,(H,23,25)/t19-/m0/s1. The van der Waals surface area contributed by atoms with Gasteiger partial charge >= 0.3 is 0 Å². The number of nitrogens with zero attached hydrogens (tertiary/aromatic N) is 1. The minimum absolute atomic E-state index is 0.0907. The van der Waals surface area contributed by atoms with Crippen LogP contribution in [-0.4, -0.2) is 44.9 Å². The van der Waals surface area contributed by atoms with Crippen molar-refractivity contribution in [3.8, 4) is 11.5 Å². The van der Waals surface area contributed by atoms with Gasteiger partial charge in [0.1, 0.15) is 17.3 Å². The zero-order valence-corrected chi connectivity index (χ0v) is 17.7. The Labute approximate surface area is 175 Å². The minimum atomic E-state index is -3.64. The number of hydrogen-bond donors (Lipinski definition) is 1. The van der Waals surface area contributed by atoms with Gasteiger partial charge in [-0.3, -0.25) is 4.79 Å². The van der Waals surface area contributed by atoms with Crippen LogP contribution in [0.2, 0.25) is 0 Å². The van der Waals surface area contributed by atoms with Crippen molar-refractivity contribution < 1.29 is 27.1 Å². The SMILES string of the molecule is CC[C@H](Oc1ccc(F)cc1)C(=O)Nc1cc(S(=O)(=O)N2CCCC2)ccc1OC. The van der Waals surface area contributed by atoms with Crippen LogP contribution in [0.4, 0.5) is 10.1 Å². The molecule has 162 valence electrons. The van der Waals surface area contributed by atoms with E-state index in [1.807, 2.05) is 0 Å². The second-order valence-corrected chi connectivity index (χ2v) is 8.87. The first-order valence-electron chi connectivity index (χ1n) is 9.76. The van der Waals surface area contributed by atoms with E-state index in [-0.39, 0.29) is 10.6 Å². The van der Waals surface area contributed by atoms with Gasteiger partial charge in [0.05, 0.1) is 17.7 Å². The molecule has 0 saturated carbocycles. The predicted octanol–water partition coefficient (Wildman–Crippen LogP) is 3.41. The molecule has 1 aliphatic rings. The van der Waals surface area contributed by atoms with Crippen molar-refractivity contribution >= 4 is 21.6 Å². The molecule has 2 aromatic rings. The highest BCUT2D eigenvalue weighted by atomic mass is 32.2. The zero-order chi connectivity index (χ0) is 21.7. The number of halogens is 1. The highest BCUT2D eigenvalue weighted by Gasteiger charge is 2.28. The van der Waals surface area contributed by atoms with Crippen molar-refractivity contribution in [1.29, 1.82) is 0 Å². The Morgan fingerprint density at radius 2 is 1.83 bits per heavy atom. The number of amides is 1. The van der Waals surface area contributed by atoms with Crippen LogP contribution in [0.5, 0.6) is 11.5 Å². The minimum Gasteiger partial charge on any atom is -0.495 e. The molecule has 1 saturated heterocycles. The maximum absolute atomic E-state index is 13.1. The van der Waals surface area contributed by atoms with E-state index in [1.54, 1.807) is 6.92 Å². The van der Waals surface area contributed by atoms with Gasteiger partial charge in [-0.1, -0.05) is 6.92 Å². The van der Waals surface area contributed by atoms with Crippen molar-refractivity contribution in [3.05, 3.63) is 48.3 Å². The topological polar surface area (TPSA) is 84.9 Å². The number of anilines is 1. The summed E-state index contributed by atoms with van der Waals surface area (Å²) in [5.74, 6) is -0.174. The van der Waals surface area contributed by atoms with E-state index in [0.717, 1.165) is 12.8 Å². The lowest BCUT2D eigenvalue weighted by Gasteiger charge is -2.20. The molecule has 1 amide bonds. The first kappa shape index (κ1) is 22.0. The Morgan fingerprint density at radius 1 is 1.17 bits per heavy atom. The monoisotopic (exact) mass is 436 g/mol. The third-order valence-electron chi connectivity index (χ3n) is 4.89. The Bertz CT molecular complexity index is 989. The van der Waals surface area contributed by atoms with Gasteiger partial charge in [0.2, 0.25) is 10.0 Å². The van der Waals surface area contributed by atoms with Crippen LogP contribution in [0.1, 0.15) is 26.2 Å². The van der Waals surface area contributed by atoms with Crippen molar-refractivity contribution in [2.45, 2.75) is 37.2 Å². The highest BCUT2D eigenvalue weighted by Crippen LogP contribution is 2.30. The van der Waals surface area contributed by atoms with E-state index in [2.05, 4.69) is 5.32 Å². The molecule has 2 aromatic carbocycles. The van der Waals surface area contributed by atoms with E-state index in [1.165, 1.54) is 53.9 Å². The average Bonchev–Trinajstić information content (AvgIpc) is 3.29. The fraction of sp³-hybridized carbons (Fsp3) is 0.381. The molecule has 0 radical (unpaired) electrons. The summed E-state index contributed by atoms with van der Waals surface area (Å²) in [5.41, 5.74) is 0.240. The number of methoxy groups -OCH3 is 1. The molecular weight excluding hydrogens is 411 g/mol. The summed E-state index contributed by atoms with van der Waals surface area (Å²) in [6.07, 6.45) is 1.17. The number of nitrogens with one attached hydrogen (secondary N) is 1. The largest absolute Gasteiger partial charge is 0.495 e. The number of ether oxygens (including phenoxy) is 2. The highest BCUT2D eigenvalue weighted by molar-refractivity contribution is 7.89. The van der Waals surface area contributed by atoms with Gasteiger partial charge in [-0.15, -0.1) is 0 Å². The smallest absolute Gasteiger partial charge is 0.265 e. The van der Waals surface area contributed by atoms with Crippen molar-refractivity contribution in [3.63, 3.8) is 0 Å². The number of rotatable bonds is 8. The van der Waals surface area contributed by atoms with Crippen molar-refractivity contribution in [2.75, 3.05) is 25.5 Å². The molecule has 3 rings (SSSR count). The lowest BCUT2D eigenvalue weighted by molar-refractivity contribution is -0.122. The quantitative estimate of drug-likeness (QED) is 0.686. The van der Waals surface area contributed by atoms with Gasteiger partial charge in [-0.25, -0.2) is 12.8 Å². The van der Waals surface area contributed by atoms with Crippen LogP contribution in [0.25, 0.3) is 0 Å². The molecule has 0 unspecified atom stereocenters. The van der Waals surface area contributed by atoms with E-state index >= 15 is 0 Å². The number of benzene rings is 2. The molecule has 0 bridgehead atoms. The fourth-order valence-electron chi connectivity index (χ4n) is 3.24. The van der Waals surface area contributed by atoms with Gasteiger partial charge in [-0.05, 0) is 61.7 Å². The first-order chi connectivity index (χ1) is 14.3. The molecule has 0 aliphatic carbocycles. The Morgan fingerprint density at radius 3 is 2.43 bits per heavy atom. The zero-order valence-electron chi connectivity index (χ0n) is 16.9. The molecule has 1 atom stereocenters. The third kappa shape index (κ3) is 4.91. The summed E-state index contributed by atoms with van der Waals surface area (Å²) in [6, 6.07) is 9.75. The second-order valence-electron chi connectivity index (χ2n) is 6.93. The normalized spacial score (nSPS) is 15.6. The van der Waals surface area contributed by atoms with E-state index in [0.29, 0.717) is 31.0 Å². The summed E-state index contributed by atoms with van der Waals surface area (Å²) < 4.78 is 51.2. The van der Waals surface area contributed by atoms with Crippen molar-refractivity contribution in [1.82, 2.24) is 4.31 Å². The van der Waals surface area contributed by atoms with Crippen LogP contribution in [0, 0.1) is 5.82 Å². The number of sulfonamides is 1. The predicted molar refractivity (Wildman–Crippen MR) is 111 cm³/mol. The molecule has 1 N–H and O–H groups in total. The lowest BCUT2D eigenvalue weighted by atomic mass is 10.2. The van der Waals surface area contributed by atoms with Gasteiger partial charge in [0.15, 0.2) is 6.10 Å². The summed E-state index contributed by atoms with van der Waals surface area (Å²) in [5, 5.41) is 2.70. The molecule has 0 spiro atoms. The van der Waals surface area contributed by atoms with Gasteiger partial charge < -0.3 is 14.8 Å². The summed E-state index contributed by atoms with van der Waals surface area (Å²) in [4.78, 5) is 12.9. The second kappa shape index (κ2) is 9.44. The number of hydrogen-bond acceptors (Lipinski definition) is 5. The van der Waals surface area contributed by atoms with E-state index < -0.39 is 27.9 Å². The van der Waals surface area contributed by atoms with Crippen molar-refractivity contribution in [2.24, 2.45) is 0 Å². The molecule has 1 aliphatic heterocycles. The fourth-order valence-corrected chi connectivity index (χ4v) is 4.78. The summed E-state index contributed by atoms with van der Waals surface area (Å²) >= 11 is 0. The molecule has 30 heavy (non-hydrogen) atoms. The Balaban J connectivity index is 1.81. The Kier molecular flexibility index (Phi) is 6.94. The van der Waals surface area contributed by atoms with Crippen LogP contribution in [0.15, 0.2) is 47.4 Å². The summed E-state index contributed by atoms with van der Waals surface area (Å²) in [6.45, 7) is 2.75. The summed E-state index contributed by atoms with van der Waals surface area (Å²) in [7, 11) is -2.20. The Hall–Kier alpha value is -2.65. The van der Waals surface area contributed by atoms with Crippen LogP contribution >= 0.6 is 0 Å². The molecule has 9 heteroatoms. The third-order valence-corrected chi connectivity index (χ3v) is 6.78. The van der Waals surface area contributed by atoms with Gasteiger partial charge in [-0.2, -0.15) is 4.31 Å². The molecule has 7 nitrogen and oxygen atoms in total. The maximum Gasteiger partial charge on any atom is 0.265 e. The lowest BCUT2D eigenvalue weighted by Crippen LogP contribution is -2.32. The number of carbonyl (C=O) groups is 1. The average molecular weight is 437 g/mol. The molecular formula is C21H25FN2O5S. The molecule has 1 heterocycles. The van der Waals surface area contributed by atoms with Crippen LogP contribution in [-0.2, 0) is 14.8 Å². The van der Waals surface area contributed by atoms with E-state index in [4.69, 9.17) is 9.47 Å². The van der Waals surface area contributed by atoms with Gasteiger partial charge in [0, 0.05) is 13.1 Å². The molecule has 1 fully saturated rings. The first-order valence-corrected chi connectivity index (χ1v) is 11.2. The number of carbonyl (C=O) groups excluding carboxylic acids is 1. The van der Waals surface area contributed by atoms with Crippen LogP contribution in [0.3, 0.4) is 0 Å².